The van der Waals surface area contributed by atoms with Crippen molar-refractivity contribution in [2.24, 2.45) is 0 Å². The lowest BCUT2D eigenvalue weighted by Crippen LogP contribution is -2.23. The van der Waals surface area contributed by atoms with Crippen molar-refractivity contribution >= 4 is 44.9 Å². The van der Waals surface area contributed by atoms with Gasteiger partial charge in [0.15, 0.2) is 11.5 Å². The number of carbonyl (C=O) groups is 2. The second kappa shape index (κ2) is 14.1. The van der Waals surface area contributed by atoms with Gasteiger partial charge < -0.3 is 14.0 Å². The third-order valence-corrected chi connectivity index (χ3v) is 6.46. The van der Waals surface area contributed by atoms with E-state index < -0.39 is 21.7 Å². The van der Waals surface area contributed by atoms with Crippen LogP contribution >= 0.6 is 23.2 Å². The lowest BCUT2D eigenvalue weighted by atomic mass is 10.1. The van der Waals surface area contributed by atoms with E-state index in [0.717, 1.165) is 30.1 Å². The lowest BCUT2D eigenvalue weighted by Gasteiger charge is -2.18. The summed E-state index contributed by atoms with van der Waals surface area (Å²) in [4.78, 5) is 18.9. The van der Waals surface area contributed by atoms with Gasteiger partial charge in [-0.15, -0.1) is 0 Å². The summed E-state index contributed by atoms with van der Waals surface area (Å²) in [6.45, 7) is 4.61. The standard InChI is InChI=1S/C18H28O3S.C2Cl2O2/c1-3-4-5-6-7-8-11-22(19)15(2)12-16-9-10-17-18(13-16)21-14-20-17;3-1(5)2(4)6/h9-10,13,15H,3-8,11-12,14H2,1-2H3;. The third-order valence-electron chi connectivity index (χ3n) is 4.26. The Morgan fingerprint density at radius 3 is 2.32 bits per heavy atom. The topological polar surface area (TPSA) is 75.7 Å². The molecule has 0 fully saturated rings. The number of unbranched alkanes of at least 4 members (excludes halogenated alkanes) is 5. The molecular formula is C20H28Cl2O5S. The molecular weight excluding hydrogens is 423 g/mol. The highest BCUT2D eigenvalue weighted by Gasteiger charge is 2.19. The molecule has 2 rings (SSSR count). The fourth-order valence-electron chi connectivity index (χ4n) is 2.72. The Morgan fingerprint density at radius 1 is 1.07 bits per heavy atom. The van der Waals surface area contributed by atoms with Crippen molar-refractivity contribution < 1.29 is 23.6 Å². The van der Waals surface area contributed by atoms with E-state index in [1.54, 1.807) is 0 Å². The van der Waals surface area contributed by atoms with Crippen LogP contribution in [0.5, 0.6) is 11.5 Å². The van der Waals surface area contributed by atoms with Gasteiger partial charge >= 0.3 is 10.5 Å². The average molecular weight is 451 g/mol. The summed E-state index contributed by atoms with van der Waals surface area (Å²) in [5.41, 5.74) is 1.17. The molecule has 0 N–H and O–H groups in total. The number of hydrogen-bond donors (Lipinski definition) is 0. The number of ether oxygens (including phenoxy) is 2. The van der Waals surface area contributed by atoms with Crippen LogP contribution in [0.3, 0.4) is 0 Å². The van der Waals surface area contributed by atoms with Crippen LogP contribution in [-0.4, -0.2) is 32.8 Å². The quantitative estimate of drug-likeness (QED) is 0.205. The van der Waals surface area contributed by atoms with E-state index in [-0.39, 0.29) is 5.25 Å². The molecule has 0 aromatic heterocycles. The van der Waals surface area contributed by atoms with Crippen LogP contribution in [0.2, 0.25) is 0 Å². The normalized spacial score (nSPS) is 14.0. The summed E-state index contributed by atoms with van der Waals surface area (Å²) < 4.78 is 23.0. The maximum Gasteiger partial charge on any atom is 0.304 e. The summed E-state index contributed by atoms with van der Waals surface area (Å²) in [5.74, 6) is 2.45. The maximum atomic E-state index is 12.3. The van der Waals surface area contributed by atoms with Gasteiger partial charge in [-0.25, -0.2) is 0 Å². The van der Waals surface area contributed by atoms with Crippen LogP contribution in [0.1, 0.15) is 57.9 Å². The minimum Gasteiger partial charge on any atom is -0.616 e. The average Bonchev–Trinajstić information content (AvgIpc) is 3.12. The maximum absolute atomic E-state index is 12.3. The van der Waals surface area contributed by atoms with Crippen LogP contribution in [-0.2, 0) is 27.2 Å². The van der Waals surface area contributed by atoms with Crippen molar-refractivity contribution in [2.45, 2.75) is 64.0 Å². The zero-order valence-electron chi connectivity index (χ0n) is 16.4. The first-order valence-electron chi connectivity index (χ1n) is 9.50. The molecule has 0 aliphatic carbocycles. The molecule has 1 aromatic carbocycles. The number of benzene rings is 1. The van der Waals surface area contributed by atoms with Crippen molar-refractivity contribution in [1.82, 2.24) is 0 Å². The molecule has 0 radical (unpaired) electrons. The van der Waals surface area contributed by atoms with E-state index in [2.05, 4.69) is 37.0 Å². The first-order chi connectivity index (χ1) is 13.3. The molecule has 0 saturated heterocycles. The fraction of sp³-hybridized carbons (Fsp3) is 0.600. The Labute approximate surface area is 180 Å². The van der Waals surface area contributed by atoms with Crippen LogP contribution in [0.4, 0.5) is 0 Å². The minimum absolute atomic E-state index is 0.191. The summed E-state index contributed by atoms with van der Waals surface area (Å²) in [6.07, 6.45) is 8.32. The minimum atomic E-state index is -1.14. The molecule has 5 nitrogen and oxygen atoms in total. The lowest BCUT2D eigenvalue weighted by molar-refractivity contribution is -0.127. The second-order valence-corrected chi connectivity index (χ2v) is 9.26. The van der Waals surface area contributed by atoms with Crippen LogP contribution in [0.25, 0.3) is 0 Å². The molecule has 2 atom stereocenters. The summed E-state index contributed by atoms with van der Waals surface area (Å²) in [5, 5.41) is -2.09. The number of rotatable bonds is 11. The van der Waals surface area contributed by atoms with Crippen molar-refractivity contribution in [1.29, 1.82) is 0 Å². The number of halogens is 2. The second-order valence-electron chi connectivity index (χ2n) is 6.60. The zero-order valence-corrected chi connectivity index (χ0v) is 18.7. The van der Waals surface area contributed by atoms with Gasteiger partial charge in [0.2, 0.25) is 6.79 Å². The van der Waals surface area contributed by atoms with Crippen molar-refractivity contribution in [2.75, 3.05) is 12.5 Å². The highest BCUT2D eigenvalue weighted by Crippen LogP contribution is 2.33. The number of hydrogen-bond acceptors (Lipinski definition) is 5. The Morgan fingerprint density at radius 2 is 1.68 bits per heavy atom. The predicted molar refractivity (Wildman–Crippen MR) is 114 cm³/mol. The molecule has 0 spiro atoms. The molecule has 0 amide bonds. The molecule has 158 valence electrons. The van der Waals surface area contributed by atoms with Gasteiger partial charge in [-0.2, -0.15) is 0 Å². The van der Waals surface area contributed by atoms with E-state index in [1.165, 1.54) is 37.7 Å². The van der Waals surface area contributed by atoms with Gasteiger partial charge in [0, 0.05) is 6.42 Å². The third kappa shape index (κ3) is 10.0. The molecule has 1 aromatic rings. The Hall–Kier alpha value is -0.950. The first kappa shape index (κ1) is 25.1. The van der Waals surface area contributed by atoms with Gasteiger partial charge in [-0.1, -0.05) is 49.8 Å². The van der Waals surface area contributed by atoms with E-state index in [9.17, 15) is 14.1 Å². The molecule has 2 unspecified atom stereocenters. The van der Waals surface area contributed by atoms with Crippen LogP contribution in [0, 0.1) is 0 Å². The molecule has 1 aliphatic rings. The molecule has 1 aliphatic heterocycles. The summed E-state index contributed by atoms with van der Waals surface area (Å²) in [6, 6.07) is 6.01. The highest BCUT2D eigenvalue weighted by molar-refractivity contribution is 7.91. The van der Waals surface area contributed by atoms with Crippen molar-refractivity contribution in [3.8, 4) is 11.5 Å². The molecule has 0 saturated carbocycles. The SMILES string of the molecule is CCCCCCCC[S+]([O-])C(C)Cc1ccc2c(c1)OCO2.O=C(Cl)C(=O)Cl. The van der Waals surface area contributed by atoms with Gasteiger partial charge in [0.25, 0.3) is 0 Å². The fourth-order valence-corrected chi connectivity index (χ4v) is 3.99. The smallest absolute Gasteiger partial charge is 0.304 e. The molecule has 0 bridgehead atoms. The monoisotopic (exact) mass is 450 g/mol. The van der Waals surface area contributed by atoms with Gasteiger partial charge in [0.1, 0.15) is 11.0 Å². The van der Waals surface area contributed by atoms with E-state index >= 15 is 0 Å². The van der Waals surface area contributed by atoms with Crippen molar-refractivity contribution in [3.05, 3.63) is 23.8 Å². The van der Waals surface area contributed by atoms with Gasteiger partial charge in [-0.05, 0) is 60.7 Å². The van der Waals surface area contributed by atoms with E-state index in [4.69, 9.17) is 9.47 Å². The first-order valence-corrected chi connectivity index (χ1v) is 11.6. The van der Waals surface area contributed by atoms with Gasteiger partial charge in [0.05, 0.1) is 0 Å². The summed E-state index contributed by atoms with van der Waals surface area (Å²) >= 11 is 8.24. The molecule has 1 heterocycles. The van der Waals surface area contributed by atoms with Crippen LogP contribution < -0.4 is 9.47 Å². The summed E-state index contributed by atoms with van der Waals surface area (Å²) in [7, 11) is 0. The van der Waals surface area contributed by atoms with Crippen molar-refractivity contribution in [3.63, 3.8) is 0 Å². The molecule has 28 heavy (non-hydrogen) atoms. The Bertz CT molecular complexity index is 615. The largest absolute Gasteiger partial charge is 0.616 e. The number of fused-ring (bicyclic) bond motifs is 1. The highest BCUT2D eigenvalue weighted by atomic mass is 35.5. The van der Waals surface area contributed by atoms with E-state index in [0.29, 0.717) is 6.79 Å². The van der Waals surface area contributed by atoms with E-state index in [1.807, 2.05) is 18.2 Å². The Balaban J connectivity index is 0.000000568. The zero-order chi connectivity index (χ0) is 20.9. The van der Waals surface area contributed by atoms with Crippen LogP contribution in [0.15, 0.2) is 18.2 Å². The Kier molecular flexibility index (Phi) is 12.6. The number of carbonyl (C=O) groups excluding carboxylic acids is 2. The molecule has 8 heteroatoms. The predicted octanol–water partition coefficient (Wildman–Crippen LogP) is 4.97. The van der Waals surface area contributed by atoms with Gasteiger partial charge in [-0.3, -0.25) is 9.59 Å².